The number of rotatable bonds is 3. The fourth-order valence-electron chi connectivity index (χ4n) is 4.85. The Hall–Kier alpha value is -1.88. The fraction of sp³-hybridized carbons (Fsp3) is 0.455. The summed E-state index contributed by atoms with van der Waals surface area (Å²) in [6.45, 7) is 1.50. The second-order valence-electron chi connectivity index (χ2n) is 7.99. The van der Waals surface area contributed by atoms with Gasteiger partial charge in [0, 0.05) is 11.5 Å². The Morgan fingerprint density at radius 2 is 1.81 bits per heavy atom. The van der Waals surface area contributed by atoms with Gasteiger partial charge in [-0.25, -0.2) is 4.39 Å². The number of benzene rings is 2. The van der Waals surface area contributed by atoms with Crippen molar-refractivity contribution in [3.63, 3.8) is 0 Å². The molecule has 2 aliphatic rings. The van der Waals surface area contributed by atoms with Gasteiger partial charge in [-0.1, -0.05) is 48.5 Å². The average Bonchev–Trinajstić information content (AvgIpc) is 3.05. The molecule has 1 nitrogen and oxygen atoms in total. The Morgan fingerprint density at radius 3 is 2.52 bits per heavy atom. The third-order valence-corrected chi connectivity index (χ3v) is 6.41. The van der Waals surface area contributed by atoms with Crippen molar-refractivity contribution in [2.75, 3.05) is 6.54 Å². The van der Waals surface area contributed by atoms with Crippen LogP contribution in [0.3, 0.4) is 0 Å². The predicted octanol–water partition coefficient (Wildman–Crippen LogP) is 5.22. The Balaban J connectivity index is 1.77. The molecule has 1 N–H and O–H groups in total. The zero-order valence-electron chi connectivity index (χ0n) is 15.2. The van der Waals surface area contributed by atoms with Crippen LogP contribution in [0.1, 0.15) is 42.0 Å². The van der Waals surface area contributed by atoms with Gasteiger partial charge in [-0.3, -0.25) is 0 Å². The van der Waals surface area contributed by atoms with Crippen molar-refractivity contribution in [3.8, 4) is 0 Å². The standard InChI is InChI=1S/C22H23F4N/c1-20(23,22(24,25)26)17-8-9-18-16(13-17)7-10-19-21(18,11-12-27-19)14-15-5-3-2-4-6-15/h2-6,8-9,13,19,27H,7,10-12,14H2,1H3. The number of fused-ring (bicyclic) bond motifs is 3. The number of hydrogen-bond donors (Lipinski definition) is 1. The van der Waals surface area contributed by atoms with E-state index in [1.807, 2.05) is 18.2 Å². The molecule has 0 amide bonds. The molecule has 2 aromatic carbocycles. The van der Waals surface area contributed by atoms with Gasteiger partial charge in [-0.05, 0) is 61.4 Å². The second-order valence-corrected chi connectivity index (χ2v) is 7.99. The van der Waals surface area contributed by atoms with E-state index in [1.165, 1.54) is 17.7 Å². The lowest BCUT2D eigenvalue weighted by Gasteiger charge is -2.42. The maximum absolute atomic E-state index is 14.5. The van der Waals surface area contributed by atoms with Crippen LogP contribution >= 0.6 is 0 Å². The Labute approximate surface area is 156 Å². The van der Waals surface area contributed by atoms with Crippen LogP contribution < -0.4 is 5.32 Å². The van der Waals surface area contributed by atoms with E-state index in [-0.39, 0.29) is 11.0 Å². The normalized spacial score (nSPS) is 26.9. The molecule has 0 aromatic heterocycles. The van der Waals surface area contributed by atoms with E-state index in [4.69, 9.17) is 0 Å². The summed E-state index contributed by atoms with van der Waals surface area (Å²) in [6, 6.07) is 15.0. The smallest absolute Gasteiger partial charge is 0.313 e. The maximum Gasteiger partial charge on any atom is 0.426 e. The van der Waals surface area contributed by atoms with Crippen molar-refractivity contribution in [1.29, 1.82) is 0 Å². The van der Waals surface area contributed by atoms with Crippen LogP contribution in [-0.4, -0.2) is 18.8 Å². The van der Waals surface area contributed by atoms with Crippen molar-refractivity contribution >= 4 is 0 Å². The SMILES string of the molecule is CC(F)(c1ccc2c(c1)CCC1NCCC21Cc1ccccc1)C(F)(F)F. The van der Waals surface area contributed by atoms with E-state index in [0.717, 1.165) is 36.9 Å². The highest BCUT2D eigenvalue weighted by atomic mass is 19.4. The molecular weight excluding hydrogens is 354 g/mol. The summed E-state index contributed by atoms with van der Waals surface area (Å²) in [5, 5.41) is 3.58. The van der Waals surface area contributed by atoms with Gasteiger partial charge >= 0.3 is 6.18 Å². The molecule has 1 aliphatic carbocycles. The molecule has 1 heterocycles. The van der Waals surface area contributed by atoms with E-state index < -0.39 is 11.8 Å². The number of aryl methyl sites for hydroxylation is 1. The molecule has 2 aromatic rings. The highest BCUT2D eigenvalue weighted by Crippen LogP contribution is 2.48. The molecule has 1 saturated heterocycles. The topological polar surface area (TPSA) is 12.0 Å². The summed E-state index contributed by atoms with van der Waals surface area (Å²) in [5.74, 6) is 0. The molecule has 3 atom stereocenters. The molecule has 3 unspecified atom stereocenters. The van der Waals surface area contributed by atoms with Crippen molar-refractivity contribution < 1.29 is 17.6 Å². The maximum atomic E-state index is 14.5. The number of nitrogens with one attached hydrogen (secondary N) is 1. The summed E-state index contributed by atoms with van der Waals surface area (Å²) in [7, 11) is 0. The molecule has 1 fully saturated rings. The van der Waals surface area contributed by atoms with Crippen LogP contribution in [0, 0.1) is 0 Å². The molecule has 144 valence electrons. The molecule has 1 aliphatic heterocycles. The first-order valence-corrected chi connectivity index (χ1v) is 9.41. The first-order chi connectivity index (χ1) is 12.7. The minimum atomic E-state index is -4.92. The van der Waals surface area contributed by atoms with Crippen LogP contribution in [0.25, 0.3) is 0 Å². The third-order valence-electron chi connectivity index (χ3n) is 6.41. The Kier molecular flexibility index (Phi) is 4.34. The summed E-state index contributed by atoms with van der Waals surface area (Å²) in [5.41, 5.74) is -0.620. The largest absolute Gasteiger partial charge is 0.426 e. The highest BCUT2D eigenvalue weighted by molar-refractivity contribution is 5.45. The first kappa shape index (κ1) is 18.5. The fourth-order valence-corrected chi connectivity index (χ4v) is 4.85. The summed E-state index contributed by atoms with van der Waals surface area (Å²) in [4.78, 5) is 0. The van der Waals surface area contributed by atoms with Gasteiger partial charge in [0.15, 0.2) is 0 Å². The van der Waals surface area contributed by atoms with Crippen molar-refractivity contribution in [2.45, 2.75) is 55.9 Å². The van der Waals surface area contributed by atoms with E-state index in [9.17, 15) is 17.6 Å². The van der Waals surface area contributed by atoms with Crippen molar-refractivity contribution in [1.82, 2.24) is 5.32 Å². The number of halogens is 4. The van der Waals surface area contributed by atoms with Crippen LogP contribution in [-0.2, 0) is 23.9 Å². The Morgan fingerprint density at radius 1 is 1.07 bits per heavy atom. The van der Waals surface area contributed by atoms with Crippen LogP contribution in [0.5, 0.6) is 0 Å². The lowest BCUT2D eigenvalue weighted by atomic mass is 9.63. The van der Waals surface area contributed by atoms with Gasteiger partial charge in [0.25, 0.3) is 0 Å². The van der Waals surface area contributed by atoms with Gasteiger partial charge in [-0.15, -0.1) is 0 Å². The quantitative estimate of drug-likeness (QED) is 0.723. The van der Waals surface area contributed by atoms with Crippen LogP contribution in [0.2, 0.25) is 0 Å². The summed E-state index contributed by atoms with van der Waals surface area (Å²) < 4.78 is 53.9. The van der Waals surface area contributed by atoms with E-state index in [2.05, 4.69) is 17.4 Å². The Bertz CT molecular complexity index is 828. The zero-order valence-corrected chi connectivity index (χ0v) is 15.2. The molecular formula is C22H23F4N. The third kappa shape index (κ3) is 2.96. The van der Waals surface area contributed by atoms with Crippen LogP contribution in [0.15, 0.2) is 48.5 Å². The predicted molar refractivity (Wildman–Crippen MR) is 97.5 cm³/mol. The van der Waals surface area contributed by atoms with E-state index >= 15 is 0 Å². The van der Waals surface area contributed by atoms with Gasteiger partial charge in [0.2, 0.25) is 5.67 Å². The van der Waals surface area contributed by atoms with E-state index in [0.29, 0.717) is 19.4 Å². The minimum Gasteiger partial charge on any atom is -0.313 e. The molecule has 0 saturated carbocycles. The van der Waals surface area contributed by atoms with Crippen LogP contribution in [0.4, 0.5) is 17.6 Å². The second kappa shape index (κ2) is 6.33. The van der Waals surface area contributed by atoms with Crippen molar-refractivity contribution in [3.05, 3.63) is 70.8 Å². The molecule has 5 heteroatoms. The summed E-state index contributed by atoms with van der Waals surface area (Å²) >= 11 is 0. The lowest BCUT2D eigenvalue weighted by molar-refractivity contribution is -0.228. The van der Waals surface area contributed by atoms with Gasteiger partial charge in [0.1, 0.15) is 0 Å². The highest BCUT2D eigenvalue weighted by Gasteiger charge is 2.54. The monoisotopic (exact) mass is 377 g/mol. The molecule has 27 heavy (non-hydrogen) atoms. The molecule has 0 spiro atoms. The lowest BCUT2D eigenvalue weighted by Crippen LogP contribution is -2.46. The zero-order chi connectivity index (χ0) is 19.3. The number of hydrogen-bond acceptors (Lipinski definition) is 1. The van der Waals surface area contributed by atoms with Crippen molar-refractivity contribution in [2.24, 2.45) is 0 Å². The first-order valence-electron chi connectivity index (χ1n) is 9.41. The average molecular weight is 377 g/mol. The van der Waals surface area contributed by atoms with Gasteiger partial charge in [0.05, 0.1) is 0 Å². The molecule has 0 bridgehead atoms. The minimum absolute atomic E-state index is 0.140. The summed E-state index contributed by atoms with van der Waals surface area (Å²) in [6.07, 6.45) is -1.62. The molecule has 4 rings (SSSR count). The van der Waals surface area contributed by atoms with Gasteiger partial charge < -0.3 is 5.32 Å². The van der Waals surface area contributed by atoms with E-state index in [1.54, 1.807) is 6.07 Å². The van der Waals surface area contributed by atoms with Gasteiger partial charge in [-0.2, -0.15) is 13.2 Å². The molecule has 0 radical (unpaired) electrons. The number of alkyl halides is 4.